The van der Waals surface area contributed by atoms with Crippen molar-refractivity contribution >= 4 is 5.91 Å². The average molecular weight is 338 g/mol. The molecule has 0 unspecified atom stereocenters. The second-order valence-electron chi connectivity index (χ2n) is 6.93. The third-order valence-corrected chi connectivity index (χ3v) is 4.72. The second-order valence-corrected chi connectivity index (χ2v) is 6.93. The van der Waals surface area contributed by atoms with Crippen LogP contribution >= 0.6 is 0 Å². The molecule has 1 N–H and O–H groups in total. The standard InChI is InChI=1S/C16H26N4O4/c1-10(23-9-12-4-5-12)16(22)20-6-13(14(21)7-20)19(3)8-15-18-17-11(2)24-15/h10,12-14,21H,4-9H2,1-3H3/t10-,13-,14+/m0/s1. The van der Waals surface area contributed by atoms with Crippen molar-refractivity contribution in [3.63, 3.8) is 0 Å². The van der Waals surface area contributed by atoms with Crippen LogP contribution in [0.2, 0.25) is 0 Å². The maximum absolute atomic E-state index is 12.5. The van der Waals surface area contributed by atoms with Crippen LogP contribution in [0.4, 0.5) is 0 Å². The molecule has 1 saturated heterocycles. The number of ether oxygens (including phenoxy) is 1. The number of rotatable bonds is 7. The van der Waals surface area contributed by atoms with E-state index in [1.54, 1.807) is 18.7 Å². The second kappa shape index (κ2) is 7.16. The lowest BCUT2D eigenvalue weighted by Gasteiger charge is -2.25. The number of carbonyl (C=O) groups is 1. The maximum atomic E-state index is 12.5. The van der Waals surface area contributed by atoms with Crippen LogP contribution < -0.4 is 0 Å². The van der Waals surface area contributed by atoms with E-state index in [2.05, 4.69) is 10.2 Å². The number of hydrogen-bond acceptors (Lipinski definition) is 7. The van der Waals surface area contributed by atoms with Crippen LogP contribution in [0.3, 0.4) is 0 Å². The van der Waals surface area contributed by atoms with Gasteiger partial charge in [0.2, 0.25) is 11.8 Å². The number of amides is 1. The van der Waals surface area contributed by atoms with Gasteiger partial charge in [-0.15, -0.1) is 10.2 Å². The first-order chi connectivity index (χ1) is 11.4. The molecule has 24 heavy (non-hydrogen) atoms. The van der Waals surface area contributed by atoms with Gasteiger partial charge in [-0.3, -0.25) is 9.69 Å². The molecule has 2 heterocycles. The molecule has 0 bridgehead atoms. The van der Waals surface area contributed by atoms with E-state index in [-0.39, 0.29) is 11.9 Å². The summed E-state index contributed by atoms with van der Waals surface area (Å²) in [6, 6.07) is -0.156. The summed E-state index contributed by atoms with van der Waals surface area (Å²) in [6.07, 6.45) is 1.34. The largest absolute Gasteiger partial charge is 0.424 e. The van der Waals surface area contributed by atoms with Gasteiger partial charge in [-0.1, -0.05) is 0 Å². The number of likely N-dealkylation sites (N-methyl/N-ethyl adjacent to an activating group) is 1. The number of carbonyl (C=O) groups excluding carboxylic acids is 1. The predicted octanol–water partition coefficient (Wildman–Crippen LogP) is 0.197. The lowest BCUT2D eigenvalue weighted by atomic mass is 10.2. The van der Waals surface area contributed by atoms with Crippen molar-refractivity contribution in [2.75, 3.05) is 26.7 Å². The Labute approximate surface area is 141 Å². The fraction of sp³-hybridized carbons (Fsp3) is 0.812. The van der Waals surface area contributed by atoms with E-state index >= 15 is 0 Å². The first-order valence-corrected chi connectivity index (χ1v) is 8.51. The normalized spacial score (nSPS) is 25.5. The zero-order valence-corrected chi connectivity index (χ0v) is 14.5. The Morgan fingerprint density at radius 3 is 2.83 bits per heavy atom. The van der Waals surface area contributed by atoms with Crippen LogP contribution in [-0.2, 0) is 16.1 Å². The molecule has 0 radical (unpaired) electrons. The molecule has 1 aliphatic carbocycles. The van der Waals surface area contributed by atoms with E-state index in [9.17, 15) is 9.90 Å². The first-order valence-electron chi connectivity index (χ1n) is 8.51. The van der Waals surface area contributed by atoms with Crippen LogP contribution in [0, 0.1) is 12.8 Å². The highest BCUT2D eigenvalue weighted by Crippen LogP contribution is 2.29. The number of aryl methyl sites for hydroxylation is 1. The van der Waals surface area contributed by atoms with Crippen LogP contribution in [-0.4, -0.2) is 76.0 Å². The fourth-order valence-corrected chi connectivity index (χ4v) is 3.01. The smallest absolute Gasteiger partial charge is 0.251 e. The summed E-state index contributed by atoms with van der Waals surface area (Å²) in [5, 5.41) is 18.1. The molecule has 0 spiro atoms. The van der Waals surface area contributed by atoms with Gasteiger partial charge in [0.25, 0.3) is 5.91 Å². The molecule has 1 aromatic heterocycles. The summed E-state index contributed by atoms with van der Waals surface area (Å²) in [6.45, 7) is 5.43. The van der Waals surface area contributed by atoms with Crippen molar-refractivity contribution in [2.45, 2.75) is 51.5 Å². The molecular formula is C16H26N4O4. The highest BCUT2D eigenvalue weighted by molar-refractivity contribution is 5.81. The molecular weight excluding hydrogens is 312 g/mol. The summed E-state index contributed by atoms with van der Waals surface area (Å²) >= 11 is 0. The molecule has 1 aromatic rings. The fourth-order valence-electron chi connectivity index (χ4n) is 3.01. The average Bonchev–Trinajstić information content (AvgIpc) is 3.17. The zero-order valence-electron chi connectivity index (χ0n) is 14.5. The van der Waals surface area contributed by atoms with Crippen molar-refractivity contribution in [1.82, 2.24) is 20.0 Å². The highest BCUT2D eigenvalue weighted by Gasteiger charge is 2.38. The van der Waals surface area contributed by atoms with Gasteiger partial charge in [-0.25, -0.2) is 0 Å². The van der Waals surface area contributed by atoms with Gasteiger partial charge >= 0.3 is 0 Å². The van der Waals surface area contributed by atoms with Crippen LogP contribution in [0.5, 0.6) is 0 Å². The Kier molecular flexibility index (Phi) is 5.17. The van der Waals surface area contributed by atoms with Gasteiger partial charge in [-0.2, -0.15) is 0 Å². The highest BCUT2D eigenvalue weighted by atomic mass is 16.5. The van der Waals surface area contributed by atoms with E-state index in [4.69, 9.17) is 9.15 Å². The molecule has 1 saturated carbocycles. The summed E-state index contributed by atoms with van der Waals surface area (Å²) in [5.41, 5.74) is 0. The molecule has 1 amide bonds. The first kappa shape index (κ1) is 17.3. The van der Waals surface area contributed by atoms with E-state index in [1.165, 1.54) is 12.8 Å². The van der Waals surface area contributed by atoms with Gasteiger partial charge < -0.3 is 19.2 Å². The molecule has 2 fully saturated rings. The minimum Gasteiger partial charge on any atom is -0.424 e. The summed E-state index contributed by atoms with van der Waals surface area (Å²) in [7, 11) is 1.88. The van der Waals surface area contributed by atoms with Crippen LogP contribution in [0.15, 0.2) is 4.42 Å². The van der Waals surface area contributed by atoms with E-state index in [0.717, 1.165) is 0 Å². The van der Waals surface area contributed by atoms with Crippen molar-refractivity contribution < 1.29 is 19.1 Å². The quantitative estimate of drug-likeness (QED) is 0.759. The molecule has 0 aromatic carbocycles. The van der Waals surface area contributed by atoms with Gasteiger partial charge in [0, 0.05) is 20.0 Å². The number of aliphatic hydroxyl groups excluding tert-OH is 1. The topological polar surface area (TPSA) is 91.9 Å². The number of nitrogens with zero attached hydrogens (tertiary/aromatic N) is 4. The number of aromatic nitrogens is 2. The van der Waals surface area contributed by atoms with E-state index < -0.39 is 12.2 Å². The lowest BCUT2D eigenvalue weighted by molar-refractivity contribution is -0.142. The van der Waals surface area contributed by atoms with Crippen molar-refractivity contribution in [3.8, 4) is 0 Å². The van der Waals surface area contributed by atoms with Crippen LogP contribution in [0.1, 0.15) is 31.5 Å². The van der Waals surface area contributed by atoms with Crippen molar-refractivity contribution in [1.29, 1.82) is 0 Å². The van der Waals surface area contributed by atoms with Gasteiger partial charge in [0.1, 0.15) is 6.10 Å². The van der Waals surface area contributed by atoms with Gasteiger partial charge in [0.05, 0.1) is 25.3 Å². The lowest BCUT2D eigenvalue weighted by Crippen LogP contribution is -2.41. The molecule has 3 atom stereocenters. The summed E-state index contributed by atoms with van der Waals surface area (Å²) in [5.74, 6) is 1.59. The number of β-amino-alcohol motifs (C(OH)–C–C–N with tert-alkyl or cyclic N) is 1. The monoisotopic (exact) mass is 338 g/mol. The maximum Gasteiger partial charge on any atom is 0.251 e. The zero-order chi connectivity index (χ0) is 17.3. The summed E-state index contributed by atoms with van der Waals surface area (Å²) in [4.78, 5) is 16.1. The Balaban J connectivity index is 1.51. The molecule has 8 heteroatoms. The third kappa shape index (κ3) is 4.12. The number of aliphatic hydroxyl groups is 1. The Morgan fingerprint density at radius 1 is 1.46 bits per heavy atom. The SMILES string of the molecule is Cc1nnc(CN(C)[C@H]2CN(C(=O)[C@H](C)OCC3CC3)C[C@H]2O)o1. The minimum absolute atomic E-state index is 0.0563. The van der Waals surface area contributed by atoms with E-state index in [0.29, 0.717) is 43.9 Å². The third-order valence-electron chi connectivity index (χ3n) is 4.72. The van der Waals surface area contributed by atoms with Crippen molar-refractivity contribution in [3.05, 3.63) is 11.8 Å². The van der Waals surface area contributed by atoms with Gasteiger partial charge in [-0.05, 0) is 32.7 Å². The predicted molar refractivity (Wildman–Crippen MR) is 85.0 cm³/mol. The molecule has 134 valence electrons. The number of likely N-dealkylation sites (tertiary alicyclic amines) is 1. The Bertz CT molecular complexity index is 574. The minimum atomic E-state index is -0.599. The van der Waals surface area contributed by atoms with Gasteiger partial charge in [0.15, 0.2) is 0 Å². The van der Waals surface area contributed by atoms with Crippen LogP contribution in [0.25, 0.3) is 0 Å². The van der Waals surface area contributed by atoms with Crippen molar-refractivity contribution in [2.24, 2.45) is 5.92 Å². The van der Waals surface area contributed by atoms with E-state index in [1.807, 2.05) is 11.9 Å². The summed E-state index contributed by atoms with van der Waals surface area (Å²) < 4.78 is 11.0. The molecule has 1 aliphatic heterocycles. The molecule has 3 rings (SSSR count). The Morgan fingerprint density at radius 2 is 2.21 bits per heavy atom. The Hall–Kier alpha value is -1.51. The molecule has 2 aliphatic rings. The number of hydrogen-bond donors (Lipinski definition) is 1. The molecule has 8 nitrogen and oxygen atoms in total.